The summed E-state index contributed by atoms with van der Waals surface area (Å²) >= 11 is 0. The molecule has 0 saturated heterocycles. The van der Waals surface area contributed by atoms with Crippen LogP contribution in [0, 0.1) is 5.92 Å². The Hall–Kier alpha value is -1.77. The van der Waals surface area contributed by atoms with Gasteiger partial charge in [0.2, 0.25) is 5.91 Å². The average molecular weight is 313 g/mol. The minimum atomic E-state index is -0.280. The number of aromatic hydroxyl groups is 1. The second-order valence-corrected chi connectivity index (χ2v) is 7.44. The molecule has 0 aliphatic heterocycles. The lowest BCUT2D eigenvalue weighted by molar-refractivity contribution is -0.125. The van der Waals surface area contributed by atoms with Gasteiger partial charge in [0.05, 0.1) is 5.54 Å². The van der Waals surface area contributed by atoms with Crippen molar-refractivity contribution in [1.82, 2.24) is 5.32 Å². The van der Waals surface area contributed by atoms with Crippen LogP contribution in [0.1, 0.15) is 57.6 Å². The zero-order valence-electron chi connectivity index (χ0n) is 14.4. The van der Waals surface area contributed by atoms with Crippen molar-refractivity contribution < 1.29 is 9.90 Å². The van der Waals surface area contributed by atoms with E-state index >= 15 is 0 Å². The van der Waals surface area contributed by atoms with Gasteiger partial charge < -0.3 is 10.4 Å². The number of rotatable bonds is 3. The molecule has 1 aromatic carbocycles. The van der Waals surface area contributed by atoms with Gasteiger partial charge in [0.1, 0.15) is 5.75 Å². The number of benzene rings is 1. The van der Waals surface area contributed by atoms with E-state index in [1.165, 1.54) is 28.7 Å². The number of hydrogen-bond donors (Lipinski definition) is 2. The summed E-state index contributed by atoms with van der Waals surface area (Å²) in [5, 5.41) is 13.2. The van der Waals surface area contributed by atoms with Gasteiger partial charge in [-0.15, -0.1) is 0 Å². The number of carbonyl (C=O) groups excluding carboxylic acids is 1. The first-order chi connectivity index (χ1) is 10.9. The van der Waals surface area contributed by atoms with Crippen molar-refractivity contribution in [3.63, 3.8) is 0 Å². The Morgan fingerprint density at radius 1 is 1.22 bits per heavy atom. The summed E-state index contributed by atoms with van der Waals surface area (Å²) in [6, 6.07) is 5.64. The summed E-state index contributed by atoms with van der Waals surface area (Å²) in [4.78, 5) is 12.4. The molecule has 1 atom stereocenters. The SMILES string of the molecule is CC(=C1CCC1)C1(NC(=O)C(C)C)CCc2ccc(O)cc2C1. The smallest absolute Gasteiger partial charge is 0.223 e. The van der Waals surface area contributed by atoms with Crippen molar-refractivity contribution in [2.75, 3.05) is 0 Å². The third-order valence-corrected chi connectivity index (χ3v) is 5.60. The molecule has 1 fully saturated rings. The van der Waals surface area contributed by atoms with Gasteiger partial charge in [-0.25, -0.2) is 0 Å². The topological polar surface area (TPSA) is 49.3 Å². The maximum absolute atomic E-state index is 12.4. The molecule has 124 valence electrons. The molecule has 1 unspecified atom stereocenters. The molecule has 0 aromatic heterocycles. The number of amides is 1. The molecule has 3 rings (SSSR count). The summed E-state index contributed by atoms with van der Waals surface area (Å²) in [6.45, 7) is 6.08. The minimum Gasteiger partial charge on any atom is -0.508 e. The van der Waals surface area contributed by atoms with Crippen LogP contribution in [0.15, 0.2) is 29.3 Å². The second kappa shape index (κ2) is 6.03. The van der Waals surface area contributed by atoms with E-state index in [1.54, 1.807) is 6.07 Å². The van der Waals surface area contributed by atoms with Crippen LogP contribution < -0.4 is 5.32 Å². The van der Waals surface area contributed by atoms with E-state index in [0.717, 1.165) is 32.1 Å². The molecule has 2 aliphatic rings. The summed E-state index contributed by atoms with van der Waals surface area (Å²) < 4.78 is 0. The zero-order valence-corrected chi connectivity index (χ0v) is 14.4. The standard InChI is InChI=1S/C20H27NO2/c1-13(2)19(23)21-20(14(3)15-5-4-6-15)10-9-16-7-8-18(22)11-17(16)12-20/h7-8,11,13,22H,4-6,9-10,12H2,1-3H3,(H,21,23). The molecule has 0 bridgehead atoms. The molecule has 1 saturated carbocycles. The Labute approximate surface area is 138 Å². The van der Waals surface area contributed by atoms with Crippen LogP contribution in [0.2, 0.25) is 0 Å². The van der Waals surface area contributed by atoms with Crippen molar-refractivity contribution >= 4 is 5.91 Å². The normalized spacial score (nSPS) is 23.2. The van der Waals surface area contributed by atoms with Gasteiger partial charge in [0.15, 0.2) is 0 Å². The maximum Gasteiger partial charge on any atom is 0.223 e. The first-order valence-corrected chi connectivity index (χ1v) is 8.73. The number of hydrogen-bond acceptors (Lipinski definition) is 2. The Morgan fingerprint density at radius 3 is 2.57 bits per heavy atom. The first-order valence-electron chi connectivity index (χ1n) is 8.73. The minimum absolute atomic E-state index is 0.0170. The number of allylic oxidation sites excluding steroid dienone is 1. The molecule has 2 aliphatic carbocycles. The summed E-state index contributed by atoms with van der Waals surface area (Å²) in [5.74, 6) is 0.410. The monoisotopic (exact) mass is 313 g/mol. The Morgan fingerprint density at radius 2 is 1.96 bits per heavy atom. The Bertz CT molecular complexity index is 654. The largest absolute Gasteiger partial charge is 0.508 e. The van der Waals surface area contributed by atoms with E-state index in [1.807, 2.05) is 26.0 Å². The second-order valence-electron chi connectivity index (χ2n) is 7.44. The van der Waals surface area contributed by atoms with E-state index in [-0.39, 0.29) is 17.4 Å². The predicted molar refractivity (Wildman–Crippen MR) is 92.4 cm³/mol. The van der Waals surface area contributed by atoms with Gasteiger partial charge >= 0.3 is 0 Å². The summed E-state index contributed by atoms with van der Waals surface area (Å²) in [6.07, 6.45) is 6.26. The molecule has 0 radical (unpaired) electrons. The molecule has 1 amide bonds. The van der Waals surface area contributed by atoms with Crippen LogP contribution in [0.25, 0.3) is 0 Å². The number of phenols is 1. The highest BCUT2D eigenvalue weighted by molar-refractivity contribution is 5.79. The fourth-order valence-corrected chi connectivity index (χ4v) is 3.75. The van der Waals surface area contributed by atoms with Gasteiger partial charge in [-0.05, 0) is 74.3 Å². The van der Waals surface area contributed by atoms with Crippen LogP contribution in [0.5, 0.6) is 5.75 Å². The summed E-state index contributed by atoms with van der Waals surface area (Å²) in [7, 11) is 0. The fourth-order valence-electron chi connectivity index (χ4n) is 3.75. The zero-order chi connectivity index (χ0) is 16.6. The molecule has 1 aromatic rings. The van der Waals surface area contributed by atoms with Gasteiger partial charge in [-0.1, -0.05) is 25.5 Å². The van der Waals surface area contributed by atoms with Gasteiger partial charge in [-0.3, -0.25) is 4.79 Å². The van der Waals surface area contributed by atoms with Crippen LogP contribution in [0.4, 0.5) is 0 Å². The summed E-state index contributed by atoms with van der Waals surface area (Å²) in [5.41, 5.74) is 5.05. The number of phenolic OH excluding ortho intramolecular Hbond substituents is 1. The molecule has 23 heavy (non-hydrogen) atoms. The lowest BCUT2D eigenvalue weighted by Gasteiger charge is -2.43. The Kier molecular flexibility index (Phi) is 4.22. The average Bonchev–Trinajstić information content (AvgIpc) is 2.44. The van der Waals surface area contributed by atoms with Gasteiger partial charge in [0.25, 0.3) is 0 Å². The number of nitrogens with one attached hydrogen (secondary N) is 1. The third-order valence-electron chi connectivity index (χ3n) is 5.60. The van der Waals surface area contributed by atoms with E-state index in [4.69, 9.17) is 0 Å². The first kappa shape index (κ1) is 16.1. The van der Waals surface area contributed by atoms with Crippen molar-refractivity contribution in [3.05, 3.63) is 40.5 Å². The van der Waals surface area contributed by atoms with Gasteiger partial charge in [0, 0.05) is 5.92 Å². The number of aryl methyl sites for hydroxylation is 1. The quantitative estimate of drug-likeness (QED) is 0.832. The number of carbonyl (C=O) groups is 1. The van der Waals surface area contributed by atoms with Crippen molar-refractivity contribution in [2.24, 2.45) is 5.92 Å². The van der Waals surface area contributed by atoms with Crippen molar-refractivity contribution in [2.45, 2.75) is 64.8 Å². The molecule has 0 spiro atoms. The molecule has 2 N–H and O–H groups in total. The maximum atomic E-state index is 12.4. The van der Waals surface area contributed by atoms with Crippen molar-refractivity contribution in [3.8, 4) is 5.75 Å². The van der Waals surface area contributed by atoms with E-state index in [9.17, 15) is 9.90 Å². The van der Waals surface area contributed by atoms with E-state index in [0.29, 0.717) is 5.75 Å². The molecular formula is C20H27NO2. The highest BCUT2D eigenvalue weighted by Crippen LogP contribution is 2.40. The molecule has 0 heterocycles. The lowest BCUT2D eigenvalue weighted by Crippen LogP contribution is -2.54. The van der Waals surface area contributed by atoms with Crippen LogP contribution in [0.3, 0.4) is 0 Å². The van der Waals surface area contributed by atoms with Crippen LogP contribution in [-0.4, -0.2) is 16.6 Å². The van der Waals surface area contributed by atoms with Gasteiger partial charge in [-0.2, -0.15) is 0 Å². The lowest BCUT2D eigenvalue weighted by atomic mass is 9.70. The van der Waals surface area contributed by atoms with E-state index < -0.39 is 0 Å². The van der Waals surface area contributed by atoms with E-state index in [2.05, 4.69) is 12.2 Å². The Balaban J connectivity index is 1.98. The molecule has 3 heteroatoms. The number of fused-ring (bicyclic) bond motifs is 1. The highest BCUT2D eigenvalue weighted by atomic mass is 16.3. The predicted octanol–water partition coefficient (Wildman–Crippen LogP) is 3.89. The van der Waals surface area contributed by atoms with Crippen LogP contribution >= 0.6 is 0 Å². The third kappa shape index (κ3) is 3.01. The highest BCUT2D eigenvalue weighted by Gasteiger charge is 2.39. The molecule has 3 nitrogen and oxygen atoms in total. The van der Waals surface area contributed by atoms with Crippen LogP contribution in [-0.2, 0) is 17.6 Å². The molecular weight excluding hydrogens is 286 g/mol. The fraction of sp³-hybridized carbons (Fsp3) is 0.550. The van der Waals surface area contributed by atoms with Crippen molar-refractivity contribution in [1.29, 1.82) is 0 Å².